The number of fused-ring (bicyclic) bond motifs is 2. The fourth-order valence-corrected chi connectivity index (χ4v) is 6.10. The Balaban J connectivity index is 2.15. The standard InChI is InChI=1S/C30H46FO2P/c1-8-12-14-23-16-25(20(5)10-3)18-27-22(7)28-19-26(21(6)11-4)17-24(15-13-9-2)30(28)33-34(31)32-29(23)27/h16-23,29H,8-15H2,1-7H3. The van der Waals surface area contributed by atoms with Crippen molar-refractivity contribution in [1.82, 2.24) is 0 Å². The molecule has 0 aromatic heterocycles. The summed E-state index contributed by atoms with van der Waals surface area (Å²) in [5.41, 5.74) is 6.26. The number of halogens is 1. The molecule has 1 heterocycles. The number of unbranched alkanes of at least 4 members (excludes halogenated alkanes) is 2. The lowest BCUT2D eigenvalue weighted by atomic mass is 9.74. The van der Waals surface area contributed by atoms with Crippen molar-refractivity contribution >= 4 is 8.69 Å². The van der Waals surface area contributed by atoms with Gasteiger partial charge in [-0.25, -0.2) is 0 Å². The highest BCUT2D eigenvalue weighted by atomic mass is 31.2. The topological polar surface area (TPSA) is 18.5 Å². The monoisotopic (exact) mass is 488 g/mol. The van der Waals surface area contributed by atoms with Crippen LogP contribution in [0.1, 0.15) is 122 Å². The number of hydrogen-bond donors (Lipinski definition) is 0. The Bertz CT molecular complexity index is 877. The van der Waals surface area contributed by atoms with Gasteiger partial charge in [-0.1, -0.05) is 92.0 Å². The Kier molecular flexibility index (Phi) is 10.2. The number of allylic oxidation sites excluding steroid dienone is 2. The third-order valence-corrected chi connectivity index (χ3v) is 8.77. The molecule has 4 heteroatoms. The van der Waals surface area contributed by atoms with Crippen LogP contribution >= 0.6 is 8.69 Å². The molecule has 34 heavy (non-hydrogen) atoms. The molecule has 2 aliphatic rings. The van der Waals surface area contributed by atoms with Gasteiger partial charge in [0.1, 0.15) is 5.75 Å². The van der Waals surface area contributed by atoms with Crippen LogP contribution in [0.4, 0.5) is 4.20 Å². The third kappa shape index (κ3) is 6.14. The molecule has 0 radical (unpaired) electrons. The van der Waals surface area contributed by atoms with Crippen molar-refractivity contribution in [1.29, 1.82) is 0 Å². The first-order valence-electron chi connectivity index (χ1n) is 13.7. The summed E-state index contributed by atoms with van der Waals surface area (Å²) in [7, 11) is -2.49. The van der Waals surface area contributed by atoms with Gasteiger partial charge in [0.15, 0.2) is 0 Å². The van der Waals surface area contributed by atoms with Crippen LogP contribution in [-0.4, -0.2) is 6.10 Å². The Morgan fingerprint density at radius 2 is 1.71 bits per heavy atom. The summed E-state index contributed by atoms with van der Waals surface area (Å²) < 4.78 is 27.6. The molecule has 1 aliphatic heterocycles. The first kappa shape index (κ1) is 27.4. The minimum absolute atomic E-state index is 0.130. The van der Waals surface area contributed by atoms with Gasteiger partial charge in [0, 0.05) is 17.4 Å². The summed E-state index contributed by atoms with van der Waals surface area (Å²) in [5, 5.41) is 0. The predicted octanol–water partition coefficient (Wildman–Crippen LogP) is 10.3. The van der Waals surface area contributed by atoms with E-state index in [-0.39, 0.29) is 17.9 Å². The molecule has 0 fully saturated rings. The molecule has 6 atom stereocenters. The van der Waals surface area contributed by atoms with Gasteiger partial charge in [0.05, 0.1) is 6.10 Å². The van der Waals surface area contributed by atoms with Crippen molar-refractivity contribution in [2.24, 2.45) is 11.8 Å². The minimum Gasteiger partial charge on any atom is -0.423 e. The number of rotatable bonds is 10. The molecule has 0 saturated heterocycles. The van der Waals surface area contributed by atoms with Crippen LogP contribution < -0.4 is 4.52 Å². The zero-order valence-electron chi connectivity index (χ0n) is 22.5. The highest BCUT2D eigenvalue weighted by molar-refractivity contribution is 7.41. The van der Waals surface area contributed by atoms with E-state index in [1.54, 1.807) is 0 Å². The lowest BCUT2D eigenvalue weighted by Gasteiger charge is -2.38. The van der Waals surface area contributed by atoms with Crippen LogP contribution in [0.15, 0.2) is 35.4 Å². The summed E-state index contributed by atoms with van der Waals surface area (Å²) in [6.07, 6.45) is 13.0. The van der Waals surface area contributed by atoms with Gasteiger partial charge in [0.2, 0.25) is 0 Å². The zero-order valence-corrected chi connectivity index (χ0v) is 23.4. The molecule has 0 amide bonds. The Labute approximate surface area is 209 Å². The van der Waals surface area contributed by atoms with Crippen LogP contribution in [0.5, 0.6) is 5.75 Å². The molecule has 1 aliphatic carbocycles. The van der Waals surface area contributed by atoms with Crippen LogP contribution in [0, 0.1) is 11.8 Å². The first-order chi connectivity index (χ1) is 16.3. The predicted molar refractivity (Wildman–Crippen MR) is 144 cm³/mol. The average molecular weight is 489 g/mol. The van der Waals surface area contributed by atoms with E-state index in [4.69, 9.17) is 9.05 Å². The highest BCUT2D eigenvalue weighted by Crippen LogP contribution is 2.54. The Morgan fingerprint density at radius 3 is 2.35 bits per heavy atom. The summed E-state index contributed by atoms with van der Waals surface area (Å²) in [4.78, 5) is 0. The van der Waals surface area contributed by atoms with E-state index >= 15 is 4.20 Å². The van der Waals surface area contributed by atoms with Gasteiger partial charge in [-0.2, -0.15) is 0 Å². The maximum absolute atomic E-state index is 15.4. The van der Waals surface area contributed by atoms with Gasteiger partial charge in [0.25, 0.3) is 0 Å². The van der Waals surface area contributed by atoms with Crippen LogP contribution in [0.25, 0.3) is 0 Å². The smallest absolute Gasteiger partial charge is 0.423 e. The molecular formula is C30H46FO2P. The average Bonchev–Trinajstić information content (AvgIpc) is 2.84. The lowest BCUT2D eigenvalue weighted by Crippen LogP contribution is -2.31. The summed E-state index contributed by atoms with van der Waals surface area (Å²) in [5.74, 6) is 2.03. The van der Waals surface area contributed by atoms with Crippen LogP contribution in [0.3, 0.4) is 0 Å². The van der Waals surface area contributed by atoms with E-state index in [1.165, 1.54) is 16.7 Å². The van der Waals surface area contributed by atoms with Crippen molar-refractivity contribution < 1.29 is 13.2 Å². The fourth-order valence-electron chi connectivity index (χ4n) is 5.24. The molecule has 0 N–H and O–H groups in total. The van der Waals surface area contributed by atoms with Crippen LogP contribution in [-0.2, 0) is 10.9 Å². The summed E-state index contributed by atoms with van der Waals surface area (Å²) >= 11 is 0. The molecule has 0 bridgehead atoms. The Hall–Kier alpha value is -1.18. The van der Waals surface area contributed by atoms with E-state index in [0.29, 0.717) is 11.8 Å². The van der Waals surface area contributed by atoms with E-state index in [0.717, 1.165) is 68.2 Å². The van der Waals surface area contributed by atoms with E-state index < -0.39 is 8.69 Å². The Morgan fingerprint density at radius 1 is 1.00 bits per heavy atom. The van der Waals surface area contributed by atoms with E-state index in [2.05, 4.69) is 72.8 Å². The van der Waals surface area contributed by atoms with Crippen molar-refractivity contribution in [2.75, 3.05) is 0 Å². The maximum atomic E-state index is 15.4. The van der Waals surface area contributed by atoms with Gasteiger partial charge >= 0.3 is 8.69 Å². The molecule has 190 valence electrons. The van der Waals surface area contributed by atoms with Gasteiger partial charge < -0.3 is 4.52 Å². The van der Waals surface area contributed by atoms with Crippen molar-refractivity contribution in [3.8, 4) is 5.75 Å². The van der Waals surface area contributed by atoms with E-state index in [9.17, 15) is 0 Å². The summed E-state index contributed by atoms with van der Waals surface area (Å²) in [6, 6.07) is 4.57. The lowest BCUT2D eigenvalue weighted by molar-refractivity contribution is 0.159. The number of aryl methyl sites for hydroxylation is 1. The van der Waals surface area contributed by atoms with Gasteiger partial charge in [-0.15, -0.1) is 4.20 Å². The SMILES string of the molecule is CCCCc1cc(C(C)CC)cc2c1OP(F)OC1C(=CC(C(C)CC)=CC1CCCC)C2C. The first-order valence-corrected chi connectivity index (χ1v) is 14.8. The molecule has 6 unspecified atom stereocenters. The maximum Gasteiger partial charge on any atom is 0.439 e. The number of hydrogen-bond acceptors (Lipinski definition) is 2. The molecule has 0 spiro atoms. The van der Waals surface area contributed by atoms with Crippen molar-refractivity contribution in [3.63, 3.8) is 0 Å². The molecule has 3 rings (SSSR count). The quantitative estimate of drug-likeness (QED) is 0.305. The normalized spacial score (nSPS) is 26.2. The van der Waals surface area contributed by atoms with Crippen molar-refractivity contribution in [3.05, 3.63) is 52.1 Å². The highest BCUT2D eigenvalue weighted by Gasteiger charge is 2.39. The molecule has 1 aromatic rings. The minimum atomic E-state index is -2.49. The zero-order chi connectivity index (χ0) is 24.8. The second-order valence-electron chi connectivity index (χ2n) is 10.5. The second-order valence-corrected chi connectivity index (χ2v) is 11.3. The number of benzene rings is 1. The van der Waals surface area contributed by atoms with Crippen LogP contribution in [0.2, 0.25) is 0 Å². The second kappa shape index (κ2) is 12.7. The van der Waals surface area contributed by atoms with Gasteiger partial charge in [-0.3, -0.25) is 4.52 Å². The molecule has 0 saturated carbocycles. The third-order valence-electron chi connectivity index (χ3n) is 8.05. The largest absolute Gasteiger partial charge is 0.439 e. The van der Waals surface area contributed by atoms with Crippen molar-refractivity contribution in [2.45, 2.75) is 118 Å². The molecule has 2 nitrogen and oxygen atoms in total. The molecule has 1 aromatic carbocycles. The van der Waals surface area contributed by atoms with Gasteiger partial charge in [-0.05, 0) is 66.2 Å². The fraction of sp³-hybridized carbons (Fsp3) is 0.667. The molecular weight excluding hydrogens is 442 g/mol. The van der Waals surface area contributed by atoms with E-state index in [1.807, 2.05) is 0 Å². The summed E-state index contributed by atoms with van der Waals surface area (Å²) in [6.45, 7) is 15.8.